The first kappa shape index (κ1) is 13.9. The summed E-state index contributed by atoms with van der Waals surface area (Å²) in [5.41, 5.74) is 7.08. The number of amides is 1. The van der Waals surface area contributed by atoms with Crippen LogP contribution in [0.3, 0.4) is 0 Å². The molecule has 0 radical (unpaired) electrons. The highest BCUT2D eigenvalue weighted by molar-refractivity contribution is 5.97. The third-order valence-electron chi connectivity index (χ3n) is 4.05. The first-order valence-electron chi connectivity index (χ1n) is 7.19. The minimum atomic E-state index is -0.184. The third kappa shape index (κ3) is 3.09. The quantitative estimate of drug-likeness (QED) is 0.809. The molecule has 3 nitrogen and oxygen atoms in total. The Balaban J connectivity index is 2.15. The average Bonchev–Trinajstić information content (AvgIpc) is 2.81. The zero-order valence-corrected chi connectivity index (χ0v) is 11.9. The van der Waals surface area contributed by atoms with Crippen LogP contribution in [0.5, 0.6) is 0 Å². The Kier molecular flexibility index (Phi) is 4.13. The predicted octanol–water partition coefficient (Wildman–Crippen LogP) is 3.81. The minimum absolute atomic E-state index is 0.150. The lowest BCUT2D eigenvalue weighted by Crippen LogP contribution is -2.35. The van der Waals surface area contributed by atoms with E-state index in [4.69, 9.17) is 5.73 Å². The van der Waals surface area contributed by atoms with Crippen LogP contribution < -0.4 is 11.1 Å². The average molecular weight is 260 g/mol. The number of hydrogen-bond donors (Lipinski definition) is 2. The summed E-state index contributed by atoms with van der Waals surface area (Å²) in [5, 5.41) is 3.03. The van der Waals surface area contributed by atoms with Crippen LogP contribution in [0.4, 0.5) is 11.4 Å². The van der Waals surface area contributed by atoms with Crippen molar-refractivity contribution < 1.29 is 4.79 Å². The molecule has 1 fully saturated rings. The SMILES string of the molecule is CC(C)CC1(C(=O)Nc2ccccc2N)CCCC1. The number of carbonyl (C=O) groups excluding carboxylic acids is 1. The third-order valence-corrected chi connectivity index (χ3v) is 4.05. The van der Waals surface area contributed by atoms with Crippen molar-refractivity contribution in [3.05, 3.63) is 24.3 Å². The molecule has 1 amide bonds. The van der Waals surface area contributed by atoms with Crippen molar-refractivity contribution in [2.45, 2.75) is 46.0 Å². The molecular formula is C16H24N2O. The maximum Gasteiger partial charge on any atom is 0.230 e. The van der Waals surface area contributed by atoms with Crippen LogP contribution in [0.25, 0.3) is 0 Å². The van der Waals surface area contributed by atoms with E-state index >= 15 is 0 Å². The monoisotopic (exact) mass is 260 g/mol. The molecule has 0 spiro atoms. The van der Waals surface area contributed by atoms with Gasteiger partial charge < -0.3 is 11.1 Å². The summed E-state index contributed by atoms with van der Waals surface area (Å²) in [6, 6.07) is 7.46. The van der Waals surface area contributed by atoms with Crippen molar-refractivity contribution in [1.29, 1.82) is 0 Å². The molecule has 3 N–H and O–H groups in total. The molecule has 1 saturated carbocycles. The van der Waals surface area contributed by atoms with Crippen LogP contribution in [-0.4, -0.2) is 5.91 Å². The summed E-state index contributed by atoms with van der Waals surface area (Å²) in [7, 11) is 0. The number of nitrogens with one attached hydrogen (secondary N) is 1. The number of nitrogens with two attached hydrogens (primary N) is 1. The second kappa shape index (κ2) is 5.64. The van der Waals surface area contributed by atoms with E-state index in [1.165, 1.54) is 0 Å². The first-order valence-corrected chi connectivity index (χ1v) is 7.19. The van der Waals surface area contributed by atoms with E-state index in [9.17, 15) is 4.79 Å². The highest BCUT2D eigenvalue weighted by atomic mass is 16.2. The molecule has 0 atom stereocenters. The summed E-state index contributed by atoms with van der Waals surface area (Å²) in [5.74, 6) is 0.688. The second-order valence-electron chi connectivity index (χ2n) is 6.13. The van der Waals surface area contributed by atoms with Gasteiger partial charge in [0.05, 0.1) is 11.4 Å². The Morgan fingerprint density at radius 2 is 1.95 bits per heavy atom. The summed E-state index contributed by atoms with van der Waals surface area (Å²) >= 11 is 0. The molecular weight excluding hydrogens is 236 g/mol. The molecule has 1 aliphatic carbocycles. The van der Waals surface area contributed by atoms with Crippen LogP contribution in [-0.2, 0) is 4.79 Å². The second-order valence-corrected chi connectivity index (χ2v) is 6.13. The lowest BCUT2D eigenvalue weighted by atomic mass is 9.77. The van der Waals surface area contributed by atoms with Gasteiger partial charge in [-0.2, -0.15) is 0 Å². The largest absolute Gasteiger partial charge is 0.397 e. The number of anilines is 2. The van der Waals surface area contributed by atoms with E-state index in [1.807, 2.05) is 24.3 Å². The maximum atomic E-state index is 12.7. The standard InChI is InChI=1S/C16H24N2O/c1-12(2)11-16(9-5-6-10-16)15(19)18-14-8-4-3-7-13(14)17/h3-4,7-8,12H,5-6,9-11,17H2,1-2H3,(H,18,19). The molecule has 0 heterocycles. The summed E-state index contributed by atoms with van der Waals surface area (Å²) < 4.78 is 0. The van der Waals surface area contributed by atoms with E-state index < -0.39 is 0 Å². The smallest absolute Gasteiger partial charge is 0.230 e. The van der Waals surface area contributed by atoms with E-state index in [-0.39, 0.29) is 11.3 Å². The van der Waals surface area contributed by atoms with E-state index in [0.717, 1.165) is 37.8 Å². The first-order chi connectivity index (χ1) is 9.03. The Hall–Kier alpha value is -1.51. The highest BCUT2D eigenvalue weighted by Gasteiger charge is 2.41. The molecule has 2 rings (SSSR count). The molecule has 1 aliphatic rings. The van der Waals surface area contributed by atoms with Gasteiger partial charge in [0.15, 0.2) is 0 Å². The maximum absolute atomic E-state index is 12.7. The number of para-hydroxylation sites is 2. The van der Waals surface area contributed by atoms with Crippen LogP contribution >= 0.6 is 0 Å². The van der Waals surface area contributed by atoms with Gasteiger partial charge in [-0.3, -0.25) is 4.79 Å². The van der Waals surface area contributed by atoms with Gasteiger partial charge in [0, 0.05) is 5.41 Å². The van der Waals surface area contributed by atoms with Crippen LogP contribution in [0.15, 0.2) is 24.3 Å². The van der Waals surface area contributed by atoms with Crippen LogP contribution in [0, 0.1) is 11.3 Å². The van der Waals surface area contributed by atoms with E-state index in [2.05, 4.69) is 19.2 Å². The lowest BCUT2D eigenvalue weighted by Gasteiger charge is -2.29. The van der Waals surface area contributed by atoms with Crippen molar-refractivity contribution in [3.63, 3.8) is 0 Å². The van der Waals surface area contributed by atoms with Crippen LogP contribution in [0.2, 0.25) is 0 Å². The van der Waals surface area contributed by atoms with Gasteiger partial charge in [-0.25, -0.2) is 0 Å². The molecule has 0 bridgehead atoms. The zero-order chi connectivity index (χ0) is 13.9. The molecule has 104 valence electrons. The normalized spacial score (nSPS) is 17.6. The van der Waals surface area contributed by atoms with Gasteiger partial charge in [-0.15, -0.1) is 0 Å². The number of carbonyl (C=O) groups is 1. The number of rotatable bonds is 4. The zero-order valence-electron chi connectivity index (χ0n) is 11.9. The van der Waals surface area contributed by atoms with Gasteiger partial charge >= 0.3 is 0 Å². The molecule has 19 heavy (non-hydrogen) atoms. The predicted molar refractivity (Wildman–Crippen MR) is 79.8 cm³/mol. The Bertz CT molecular complexity index is 448. The van der Waals surface area contributed by atoms with Crippen molar-refractivity contribution >= 4 is 17.3 Å². The van der Waals surface area contributed by atoms with Gasteiger partial charge in [-0.05, 0) is 37.3 Å². The van der Waals surface area contributed by atoms with Crippen molar-refractivity contribution in [3.8, 4) is 0 Å². The molecule has 0 unspecified atom stereocenters. The van der Waals surface area contributed by atoms with E-state index in [1.54, 1.807) is 0 Å². The van der Waals surface area contributed by atoms with E-state index in [0.29, 0.717) is 11.6 Å². The fourth-order valence-corrected chi connectivity index (χ4v) is 3.22. The Labute approximate surface area is 115 Å². The van der Waals surface area contributed by atoms with Crippen molar-refractivity contribution in [2.24, 2.45) is 11.3 Å². The fourth-order valence-electron chi connectivity index (χ4n) is 3.22. The summed E-state index contributed by atoms with van der Waals surface area (Å²) in [6.45, 7) is 4.37. The van der Waals surface area contributed by atoms with Crippen LogP contribution in [0.1, 0.15) is 46.0 Å². The minimum Gasteiger partial charge on any atom is -0.397 e. The fraction of sp³-hybridized carbons (Fsp3) is 0.562. The molecule has 0 aromatic heterocycles. The molecule has 1 aromatic rings. The number of benzene rings is 1. The Morgan fingerprint density at radius 1 is 1.32 bits per heavy atom. The summed E-state index contributed by atoms with van der Waals surface area (Å²) in [6.07, 6.45) is 5.29. The van der Waals surface area contributed by atoms with Crippen molar-refractivity contribution in [2.75, 3.05) is 11.1 Å². The number of nitrogen functional groups attached to an aromatic ring is 1. The summed E-state index contributed by atoms with van der Waals surface area (Å²) in [4.78, 5) is 12.7. The van der Waals surface area contributed by atoms with Crippen molar-refractivity contribution in [1.82, 2.24) is 0 Å². The van der Waals surface area contributed by atoms with Gasteiger partial charge in [-0.1, -0.05) is 38.8 Å². The number of hydrogen-bond acceptors (Lipinski definition) is 2. The van der Waals surface area contributed by atoms with Gasteiger partial charge in [0.25, 0.3) is 0 Å². The lowest BCUT2D eigenvalue weighted by molar-refractivity contribution is -0.126. The molecule has 0 saturated heterocycles. The molecule has 3 heteroatoms. The topological polar surface area (TPSA) is 55.1 Å². The molecule has 1 aromatic carbocycles. The molecule has 0 aliphatic heterocycles. The highest BCUT2D eigenvalue weighted by Crippen LogP contribution is 2.44. The van der Waals surface area contributed by atoms with Gasteiger partial charge in [0.1, 0.15) is 0 Å². The van der Waals surface area contributed by atoms with Gasteiger partial charge in [0.2, 0.25) is 5.91 Å². The Morgan fingerprint density at radius 3 is 2.53 bits per heavy atom.